The van der Waals surface area contributed by atoms with Crippen LogP contribution in [0.1, 0.15) is 24.5 Å². The summed E-state index contributed by atoms with van der Waals surface area (Å²) in [5, 5.41) is 13.4. The van der Waals surface area contributed by atoms with Crippen LogP contribution in [-0.2, 0) is 4.79 Å². The number of hydrogen-bond donors (Lipinski definition) is 2. The number of nitrogens with one attached hydrogen (secondary N) is 1. The van der Waals surface area contributed by atoms with E-state index in [0.29, 0.717) is 12.2 Å². The van der Waals surface area contributed by atoms with Crippen molar-refractivity contribution in [2.24, 2.45) is 5.10 Å². The van der Waals surface area contributed by atoms with Gasteiger partial charge < -0.3 is 9.84 Å². The van der Waals surface area contributed by atoms with Gasteiger partial charge in [-0.25, -0.2) is 5.43 Å². The maximum absolute atomic E-state index is 11.8. The van der Waals surface area contributed by atoms with E-state index in [9.17, 15) is 9.90 Å². The normalized spacial score (nSPS) is 11.1. The van der Waals surface area contributed by atoms with Gasteiger partial charge in [0.05, 0.1) is 5.71 Å². The van der Waals surface area contributed by atoms with E-state index in [1.54, 1.807) is 30.3 Å². The number of rotatable bonds is 6. The van der Waals surface area contributed by atoms with Gasteiger partial charge in [-0.2, -0.15) is 5.10 Å². The molecule has 0 heterocycles. The molecule has 5 nitrogen and oxygen atoms in total. The Morgan fingerprint density at radius 1 is 1.22 bits per heavy atom. The maximum Gasteiger partial charge on any atom is 0.277 e. The number of carbonyl (C=O) groups is 1. The molecule has 2 N–H and O–H groups in total. The van der Waals surface area contributed by atoms with Crippen LogP contribution >= 0.6 is 0 Å². The fourth-order valence-corrected chi connectivity index (χ4v) is 2.02. The third-order valence-corrected chi connectivity index (χ3v) is 3.21. The summed E-state index contributed by atoms with van der Waals surface area (Å²) < 4.78 is 5.42. The number of ether oxygens (including phenoxy) is 1. The van der Waals surface area contributed by atoms with Crippen LogP contribution in [-0.4, -0.2) is 23.3 Å². The predicted molar refractivity (Wildman–Crippen MR) is 89.8 cm³/mol. The zero-order valence-corrected chi connectivity index (χ0v) is 13.2. The number of amides is 1. The summed E-state index contributed by atoms with van der Waals surface area (Å²) in [4.78, 5) is 11.8. The first-order valence-electron chi connectivity index (χ1n) is 7.42. The third-order valence-electron chi connectivity index (χ3n) is 3.21. The van der Waals surface area contributed by atoms with E-state index >= 15 is 0 Å². The molecule has 1 amide bonds. The molecule has 0 unspecified atom stereocenters. The molecule has 2 aromatic carbocycles. The number of hydrazone groups is 1. The molecule has 2 aromatic rings. The largest absolute Gasteiger partial charge is 0.508 e. The van der Waals surface area contributed by atoms with Crippen molar-refractivity contribution in [3.63, 3.8) is 0 Å². The number of benzene rings is 2. The average molecular weight is 312 g/mol. The van der Waals surface area contributed by atoms with Gasteiger partial charge in [0, 0.05) is 0 Å². The lowest BCUT2D eigenvalue weighted by atomic mass is 10.1. The molecule has 0 fully saturated rings. The van der Waals surface area contributed by atoms with Gasteiger partial charge in [-0.05, 0) is 60.9 Å². The summed E-state index contributed by atoms with van der Waals surface area (Å²) in [6, 6.07) is 14.2. The average Bonchev–Trinajstić information content (AvgIpc) is 2.55. The van der Waals surface area contributed by atoms with Gasteiger partial charge in [-0.1, -0.05) is 19.1 Å². The first-order valence-corrected chi connectivity index (χ1v) is 7.42. The number of aromatic hydroxyl groups is 1. The van der Waals surface area contributed by atoms with Gasteiger partial charge in [0.2, 0.25) is 0 Å². The van der Waals surface area contributed by atoms with Gasteiger partial charge in [-0.15, -0.1) is 0 Å². The monoisotopic (exact) mass is 312 g/mol. The van der Waals surface area contributed by atoms with E-state index in [1.165, 1.54) is 0 Å². The van der Waals surface area contributed by atoms with E-state index in [1.807, 2.05) is 32.0 Å². The second-order valence-corrected chi connectivity index (χ2v) is 5.10. The van der Waals surface area contributed by atoms with E-state index in [0.717, 1.165) is 16.8 Å². The smallest absolute Gasteiger partial charge is 0.277 e. The minimum absolute atomic E-state index is 0.0977. The van der Waals surface area contributed by atoms with Crippen LogP contribution in [0.3, 0.4) is 0 Å². The van der Waals surface area contributed by atoms with Crippen molar-refractivity contribution < 1.29 is 14.6 Å². The highest BCUT2D eigenvalue weighted by Crippen LogP contribution is 2.13. The fourth-order valence-electron chi connectivity index (χ4n) is 2.02. The summed E-state index contributed by atoms with van der Waals surface area (Å²) >= 11 is 0. The van der Waals surface area contributed by atoms with Gasteiger partial charge in [0.1, 0.15) is 11.5 Å². The molecular weight excluding hydrogens is 292 g/mol. The molecule has 23 heavy (non-hydrogen) atoms. The molecule has 0 saturated heterocycles. The number of aryl methyl sites for hydroxylation is 1. The topological polar surface area (TPSA) is 70.9 Å². The van der Waals surface area contributed by atoms with E-state index in [2.05, 4.69) is 10.5 Å². The Bertz CT molecular complexity index is 694. The van der Waals surface area contributed by atoms with E-state index in [4.69, 9.17) is 4.74 Å². The van der Waals surface area contributed by atoms with Crippen molar-refractivity contribution in [1.82, 2.24) is 5.43 Å². The standard InChI is InChI=1S/C18H20N2O3/c1-3-17(14-7-9-15(21)10-8-14)19-20-18(22)12-23-16-6-4-5-13(2)11-16/h4-11,21H,3,12H2,1-2H3,(H,20,22). The van der Waals surface area contributed by atoms with E-state index in [-0.39, 0.29) is 18.3 Å². The SMILES string of the molecule is CCC(=NNC(=O)COc1cccc(C)c1)c1ccc(O)cc1. The molecule has 5 heteroatoms. The molecule has 0 saturated carbocycles. The molecule has 0 aliphatic rings. The Morgan fingerprint density at radius 2 is 1.96 bits per heavy atom. The molecule has 0 atom stereocenters. The zero-order chi connectivity index (χ0) is 16.7. The number of hydrogen-bond acceptors (Lipinski definition) is 4. The van der Waals surface area contributed by atoms with Gasteiger partial charge in [0.15, 0.2) is 6.61 Å². The molecule has 120 valence electrons. The summed E-state index contributed by atoms with van der Waals surface area (Å²) in [5.74, 6) is 0.523. The first kappa shape index (κ1) is 16.5. The molecule has 0 aromatic heterocycles. The van der Waals surface area contributed by atoms with Crippen LogP contribution in [0.2, 0.25) is 0 Å². The molecule has 0 bridgehead atoms. The third kappa shape index (κ3) is 5.14. The summed E-state index contributed by atoms with van der Waals surface area (Å²) in [5.41, 5.74) is 5.15. The van der Waals surface area contributed by atoms with Crippen LogP contribution in [0.15, 0.2) is 53.6 Å². The minimum Gasteiger partial charge on any atom is -0.508 e. The number of phenolic OH excluding ortho intramolecular Hbond substituents is 1. The predicted octanol–water partition coefficient (Wildman–Crippen LogP) is 3.01. The second-order valence-electron chi connectivity index (χ2n) is 5.10. The van der Waals surface area contributed by atoms with Crippen LogP contribution in [0.5, 0.6) is 11.5 Å². The van der Waals surface area contributed by atoms with E-state index < -0.39 is 0 Å². The molecule has 0 spiro atoms. The number of carbonyl (C=O) groups excluding carboxylic acids is 1. The fraction of sp³-hybridized carbons (Fsp3) is 0.222. The quantitative estimate of drug-likeness (QED) is 0.636. The van der Waals surface area contributed by atoms with Crippen molar-refractivity contribution in [3.8, 4) is 11.5 Å². The molecule has 0 aliphatic carbocycles. The highest BCUT2D eigenvalue weighted by Gasteiger charge is 2.05. The van der Waals surface area contributed by atoms with Crippen molar-refractivity contribution in [2.75, 3.05) is 6.61 Å². The minimum atomic E-state index is -0.323. The Labute approximate surface area is 135 Å². The Morgan fingerprint density at radius 3 is 2.61 bits per heavy atom. The van der Waals surface area contributed by atoms with Crippen LogP contribution in [0.25, 0.3) is 0 Å². The maximum atomic E-state index is 11.8. The van der Waals surface area contributed by atoms with Crippen molar-refractivity contribution in [1.29, 1.82) is 0 Å². The zero-order valence-electron chi connectivity index (χ0n) is 13.2. The lowest BCUT2D eigenvalue weighted by molar-refractivity contribution is -0.123. The van der Waals surface area contributed by atoms with Crippen molar-refractivity contribution >= 4 is 11.6 Å². The summed E-state index contributed by atoms with van der Waals surface area (Å²) in [6.45, 7) is 3.81. The van der Waals surface area contributed by atoms with Gasteiger partial charge in [0.25, 0.3) is 5.91 Å². The number of phenols is 1. The first-order chi connectivity index (χ1) is 11.1. The highest BCUT2D eigenvalue weighted by molar-refractivity contribution is 6.01. The second kappa shape index (κ2) is 7.98. The Balaban J connectivity index is 1.92. The van der Waals surface area contributed by atoms with Crippen LogP contribution in [0, 0.1) is 6.92 Å². The lowest BCUT2D eigenvalue weighted by Crippen LogP contribution is -2.26. The molecule has 0 radical (unpaired) electrons. The Hall–Kier alpha value is -2.82. The van der Waals surface area contributed by atoms with Crippen LogP contribution in [0.4, 0.5) is 0 Å². The van der Waals surface area contributed by atoms with Gasteiger partial charge in [-0.3, -0.25) is 4.79 Å². The summed E-state index contributed by atoms with van der Waals surface area (Å²) in [6.07, 6.45) is 0.657. The Kier molecular flexibility index (Phi) is 5.74. The molecule has 2 rings (SSSR count). The van der Waals surface area contributed by atoms with Crippen molar-refractivity contribution in [2.45, 2.75) is 20.3 Å². The molecule has 0 aliphatic heterocycles. The lowest BCUT2D eigenvalue weighted by Gasteiger charge is -2.07. The van der Waals surface area contributed by atoms with Crippen LogP contribution < -0.4 is 10.2 Å². The highest BCUT2D eigenvalue weighted by atomic mass is 16.5. The van der Waals surface area contributed by atoms with Gasteiger partial charge >= 0.3 is 0 Å². The van der Waals surface area contributed by atoms with Crippen molar-refractivity contribution in [3.05, 3.63) is 59.7 Å². The summed E-state index contributed by atoms with van der Waals surface area (Å²) in [7, 11) is 0. The molecular formula is C18H20N2O3. The number of nitrogens with zero attached hydrogens (tertiary/aromatic N) is 1.